The highest BCUT2D eigenvalue weighted by atomic mass is 19.4. The number of aliphatic hydroxyl groups excluding tert-OH is 1. The van der Waals surface area contributed by atoms with E-state index in [2.05, 4.69) is 0 Å². The topological polar surface area (TPSA) is 60.9 Å². The van der Waals surface area contributed by atoms with E-state index in [4.69, 9.17) is 0 Å². The van der Waals surface area contributed by atoms with Crippen molar-refractivity contribution in [1.82, 2.24) is 4.90 Å². The molecule has 1 unspecified atom stereocenters. The maximum atomic E-state index is 12.6. The van der Waals surface area contributed by atoms with E-state index in [1.807, 2.05) is 0 Å². The fourth-order valence-corrected chi connectivity index (χ4v) is 1.70. The molecule has 1 aromatic carbocycles. The number of amides is 3. The molecule has 0 spiro atoms. The molecule has 1 aromatic rings. The van der Waals surface area contributed by atoms with Gasteiger partial charge in [0.25, 0.3) is 5.91 Å². The predicted octanol–water partition coefficient (Wildman–Crippen LogP) is 1.42. The van der Waals surface area contributed by atoms with Crippen molar-refractivity contribution in [3.05, 3.63) is 29.8 Å². The number of likely N-dealkylation sites (N-methyl/N-ethyl adjacent to an activating group) is 1. The van der Waals surface area contributed by atoms with Crippen molar-refractivity contribution < 1.29 is 27.9 Å². The Morgan fingerprint density at radius 1 is 1.26 bits per heavy atom. The minimum atomic E-state index is -4.58. The number of carbonyl (C=O) groups excluding carboxylic acids is 2. The van der Waals surface area contributed by atoms with Gasteiger partial charge in [-0.2, -0.15) is 13.2 Å². The van der Waals surface area contributed by atoms with Crippen LogP contribution in [0.25, 0.3) is 0 Å². The van der Waals surface area contributed by atoms with E-state index in [1.54, 1.807) is 0 Å². The molecule has 0 radical (unpaired) electrons. The number of carbonyl (C=O) groups is 2. The SMILES string of the molecule is CN1C(=O)N(c2cccc(C(F)(F)F)c2)C(=O)C1O. The molecule has 1 N–H and O–H groups in total. The van der Waals surface area contributed by atoms with Gasteiger partial charge in [-0.1, -0.05) is 6.07 Å². The Bertz CT molecular complexity index is 524. The lowest BCUT2D eigenvalue weighted by Crippen LogP contribution is -2.31. The smallest absolute Gasteiger partial charge is 0.365 e. The Kier molecular flexibility index (Phi) is 2.97. The van der Waals surface area contributed by atoms with Gasteiger partial charge in [0.2, 0.25) is 6.23 Å². The highest BCUT2D eigenvalue weighted by Gasteiger charge is 2.43. The Labute approximate surface area is 105 Å². The van der Waals surface area contributed by atoms with Gasteiger partial charge in [0, 0.05) is 7.05 Å². The normalized spacial score (nSPS) is 20.4. The molecule has 1 aliphatic rings. The lowest BCUT2D eigenvalue weighted by molar-refractivity contribution is -0.137. The van der Waals surface area contributed by atoms with Crippen molar-refractivity contribution in [3.8, 4) is 0 Å². The van der Waals surface area contributed by atoms with E-state index in [9.17, 15) is 27.9 Å². The second-order valence-corrected chi connectivity index (χ2v) is 3.99. The van der Waals surface area contributed by atoms with Crippen molar-refractivity contribution >= 4 is 17.6 Å². The average molecular weight is 274 g/mol. The third kappa shape index (κ3) is 2.14. The van der Waals surface area contributed by atoms with E-state index in [1.165, 1.54) is 13.1 Å². The summed E-state index contributed by atoms with van der Waals surface area (Å²) in [6.07, 6.45) is -6.26. The number of benzene rings is 1. The standard InChI is InChI=1S/C11H9F3N2O3/c1-15-8(17)9(18)16(10(15)19)7-4-2-3-6(5-7)11(12,13)14/h2-5,8,17H,1H3. The molecule has 102 valence electrons. The van der Waals surface area contributed by atoms with E-state index in [0.29, 0.717) is 11.0 Å². The summed E-state index contributed by atoms with van der Waals surface area (Å²) in [6, 6.07) is 2.91. The summed E-state index contributed by atoms with van der Waals surface area (Å²) in [7, 11) is 1.18. The summed E-state index contributed by atoms with van der Waals surface area (Å²) < 4.78 is 37.7. The number of anilines is 1. The van der Waals surface area contributed by atoms with Gasteiger partial charge >= 0.3 is 12.2 Å². The van der Waals surface area contributed by atoms with Crippen LogP contribution in [0.1, 0.15) is 5.56 Å². The number of hydrogen-bond donors (Lipinski definition) is 1. The second-order valence-electron chi connectivity index (χ2n) is 3.99. The van der Waals surface area contributed by atoms with Crippen molar-refractivity contribution in [1.29, 1.82) is 0 Å². The van der Waals surface area contributed by atoms with Crippen LogP contribution in [0.3, 0.4) is 0 Å². The highest BCUT2D eigenvalue weighted by Crippen LogP contribution is 2.33. The fourth-order valence-electron chi connectivity index (χ4n) is 1.70. The summed E-state index contributed by atoms with van der Waals surface area (Å²) >= 11 is 0. The van der Waals surface area contributed by atoms with Crippen LogP contribution in [0.2, 0.25) is 0 Å². The van der Waals surface area contributed by atoms with Crippen LogP contribution >= 0.6 is 0 Å². The van der Waals surface area contributed by atoms with Crippen LogP contribution in [0.4, 0.5) is 23.7 Å². The first-order chi connectivity index (χ1) is 8.73. The molecular formula is C11H9F3N2O3. The van der Waals surface area contributed by atoms with Crippen molar-refractivity contribution in [2.24, 2.45) is 0 Å². The molecule has 1 fully saturated rings. The van der Waals surface area contributed by atoms with E-state index >= 15 is 0 Å². The summed E-state index contributed by atoms with van der Waals surface area (Å²) in [6.45, 7) is 0. The fraction of sp³-hybridized carbons (Fsp3) is 0.273. The monoisotopic (exact) mass is 274 g/mol. The quantitative estimate of drug-likeness (QED) is 0.788. The molecule has 0 aliphatic carbocycles. The first-order valence-corrected chi connectivity index (χ1v) is 5.19. The van der Waals surface area contributed by atoms with E-state index in [-0.39, 0.29) is 5.69 Å². The Morgan fingerprint density at radius 3 is 2.37 bits per heavy atom. The number of alkyl halides is 3. The van der Waals surface area contributed by atoms with Crippen LogP contribution in [0.5, 0.6) is 0 Å². The maximum absolute atomic E-state index is 12.6. The number of halogens is 3. The molecular weight excluding hydrogens is 265 g/mol. The van der Waals surface area contributed by atoms with Crippen molar-refractivity contribution in [2.75, 3.05) is 11.9 Å². The lowest BCUT2D eigenvalue weighted by atomic mass is 10.2. The van der Waals surface area contributed by atoms with E-state index in [0.717, 1.165) is 17.0 Å². The summed E-state index contributed by atoms with van der Waals surface area (Å²) in [5, 5.41) is 9.39. The zero-order chi connectivity index (χ0) is 14.4. The van der Waals surface area contributed by atoms with Crippen LogP contribution in [-0.4, -0.2) is 35.2 Å². The van der Waals surface area contributed by atoms with Crippen LogP contribution in [0, 0.1) is 0 Å². The second kappa shape index (κ2) is 4.23. The Morgan fingerprint density at radius 2 is 1.89 bits per heavy atom. The summed E-state index contributed by atoms with van der Waals surface area (Å²) in [5.74, 6) is -0.980. The van der Waals surface area contributed by atoms with Gasteiger partial charge in [-0.25, -0.2) is 9.69 Å². The van der Waals surface area contributed by atoms with E-state index < -0.39 is 29.9 Å². The number of urea groups is 1. The summed E-state index contributed by atoms with van der Waals surface area (Å²) in [5.41, 5.74) is -1.21. The predicted molar refractivity (Wildman–Crippen MR) is 58.1 cm³/mol. The zero-order valence-corrected chi connectivity index (χ0v) is 9.68. The Hall–Kier alpha value is -2.09. The molecule has 3 amide bonds. The van der Waals surface area contributed by atoms with Crippen LogP contribution in [-0.2, 0) is 11.0 Å². The molecule has 1 heterocycles. The van der Waals surface area contributed by atoms with Gasteiger partial charge < -0.3 is 5.11 Å². The number of hydrogen-bond acceptors (Lipinski definition) is 3. The van der Waals surface area contributed by atoms with Crippen molar-refractivity contribution in [2.45, 2.75) is 12.4 Å². The molecule has 8 heteroatoms. The van der Waals surface area contributed by atoms with Gasteiger partial charge in [-0.05, 0) is 18.2 Å². The zero-order valence-electron chi connectivity index (χ0n) is 9.68. The first kappa shape index (κ1) is 13.3. The van der Waals surface area contributed by atoms with Gasteiger partial charge in [0.1, 0.15) is 0 Å². The summed E-state index contributed by atoms with van der Waals surface area (Å²) in [4.78, 5) is 24.5. The third-order valence-electron chi connectivity index (χ3n) is 2.73. The lowest BCUT2D eigenvalue weighted by Gasteiger charge is -2.15. The minimum absolute atomic E-state index is 0.228. The number of aliphatic hydroxyl groups is 1. The molecule has 2 rings (SSSR count). The number of imide groups is 1. The molecule has 0 aromatic heterocycles. The first-order valence-electron chi connectivity index (χ1n) is 5.19. The highest BCUT2D eigenvalue weighted by molar-refractivity contribution is 6.20. The number of rotatable bonds is 1. The largest absolute Gasteiger partial charge is 0.416 e. The van der Waals surface area contributed by atoms with Gasteiger partial charge in [-0.3, -0.25) is 9.69 Å². The molecule has 5 nitrogen and oxygen atoms in total. The Balaban J connectivity index is 2.43. The molecule has 19 heavy (non-hydrogen) atoms. The molecule has 1 saturated heterocycles. The number of nitrogens with zero attached hydrogens (tertiary/aromatic N) is 2. The maximum Gasteiger partial charge on any atom is 0.416 e. The van der Waals surface area contributed by atoms with Crippen molar-refractivity contribution in [3.63, 3.8) is 0 Å². The molecule has 0 saturated carbocycles. The van der Waals surface area contributed by atoms with Crippen LogP contribution < -0.4 is 4.90 Å². The van der Waals surface area contributed by atoms with Crippen LogP contribution in [0.15, 0.2) is 24.3 Å². The minimum Gasteiger partial charge on any atom is -0.365 e. The van der Waals surface area contributed by atoms with Gasteiger partial charge in [0.15, 0.2) is 0 Å². The third-order valence-corrected chi connectivity index (χ3v) is 2.73. The molecule has 1 atom stereocenters. The molecule has 1 aliphatic heterocycles. The van der Waals surface area contributed by atoms with Gasteiger partial charge in [-0.15, -0.1) is 0 Å². The molecule has 0 bridgehead atoms. The van der Waals surface area contributed by atoms with Gasteiger partial charge in [0.05, 0.1) is 11.3 Å². The average Bonchev–Trinajstić information content (AvgIpc) is 2.53.